The van der Waals surface area contributed by atoms with Crippen molar-refractivity contribution >= 4 is 0 Å². The molecule has 2 rings (SSSR count). The second-order valence-corrected chi connectivity index (χ2v) is 6.90. The van der Waals surface area contributed by atoms with Gasteiger partial charge in [0.2, 0.25) is 0 Å². The van der Waals surface area contributed by atoms with Crippen molar-refractivity contribution in [3.8, 4) is 16.9 Å². The van der Waals surface area contributed by atoms with Gasteiger partial charge in [0.25, 0.3) is 0 Å². The van der Waals surface area contributed by atoms with E-state index in [0.717, 1.165) is 31.8 Å². The quantitative estimate of drug-likeness (QED) is 0.632. The molecule has 0 aromatic heterocycles. The first-order chi connectivity index (χ1) is 11.0. The Morgan fingerprint density at radius 2 is 1.26 bits per heavy atom. The SMILES string of the molecule is COCCCCOc1ccc(-c2ccc(C(C)(C)C)cc2)cc1. The van der Waals surface area contributed by atoms with Gasteiger partial charge in [-0.05, 0) is 47.1 Å². The molecule has 0 saturated carbocycles. The van der Waals surface area contributed by atoms with E-state index in [4.69, 9.17) is 9.47 Å². The minimum atomic E-state index is 0.193. The highest BCUT2D eigenvalue weighted by atomic mass is 16.5. The summed E-state index contributed by atoms with van der Waals surface area (Å²) in [5.41, 5.74) is 4.01. The Kier molecular flexibility index (Phi) is 6.23. The van der Waals surface area contributed by atoms with E-state index in [0.29, 0.717) is 0 Å². The van der Waals surface area contributed by atoms with E-state index in [9.17, 15) is 0 Å². The molecule has 2 aromatic carbocycles. The first-order valence-electron chi connectivity index (χ1n) is 8.33. The number of hydrogen-bond donors (Lipinski definition) is 0. The first kappa shape index (κ1) is 17.6. The summed E-state index contributed by atoms with van der Waals surface area (Å²) in [5.74, 6) is 0.928. The van der Waals surface area contributed by atoms with Crippen LogP contribution >= 0.6 is 0 Å². The Balaban J connectivity index is 1.94. The maximum atomic E-state index is 5.75. The van der Waals surface area contributed by atoms with Crippen LogP contribution in [0.15, 0.2) is 48.5 Å². The van der Waals surface area contributed by atoms with Crippen molar-refractivity contribution in [2.45, 2.75) is 39.0 Å². The van der Waals surface area contributed by atoms with Gasteiger partial charge in [-0.3, -0.25) is 0 Å². The molecular formula is C21H28O2. The molecular weight excluding hydrogens is 284 g/mol. The molecule has 2 aromatic rings. The third-order valence-corrected chi connectivity index (χ3v) is 3.95. The predicted octanol–water partition coefficient (Wildman–Crippen LogP) is 5.46. The molecule has 0 spiro atoms. The molecule has 0 aliphatic rings. The Hall–Kier alpha value is -1.80. The second-order valence-electron chi connectivity index (χ2n) is 6.90. The summed E-state index contributed by atoms with van der Waals surface area (Å²) in [6, 6.07) is 17.2. The molecule has 124 valence electrons. The van der Waals surface area contributed by atoms with Crippen LogP contribution in [0, 0.1) is 0 Å². The van der Waals surface area contributed by atoms with Gasteiger partial charge in [-0.15, -0.1) is 0 Å². The fourth-order valence-electron chi connectivity index (χ4n) is 2.44. The summed E-state index contributed by atoms with van der Waals surface area (Å²) < 4.78 is 10.8. The molecule has 0 bridgehead atoms. The zero-order chi connectivity index (χ0) is 16.7. The minimum absolute atomic E-state index is 0.193. The number of methoxy groups -OCH3 is 1. The smallest absolute Gasteiger partial charge is 0.119 e. The Morgan fingerprint density at radius 1 is 0.739 bits per heavy atom. The average Bonchev–Trinajstić information content (AvgIpc) is 2.55. The zero-order valence-corrected chi connectivity index (χ0v) is 14.8. The van der Waals surface area contributed by atoms with Crippen LogP contribution in [0.2, 0.25) is 0 Å². The van der Waals surface area contributed by atoms with Crippen LogP contribution in [0.5, 0.6) is 5.75 Å². The Morgan fingerprint density at radius 3 is 1.78 bits per heavy atom. The molecule has 0 N–H and O–H groups in total. The van der Waals surface area contributed by atoms with Gasteiger partial charge in [-0.1, -0.05) is 57.2 Å². The monoisotopic (exact) mass is 312 g/mol. The van der Waals surface area contributed by atoms with Gasteiger partial charge < -0.3 is 9.47 Å². The maximum Gasteiger partial charge on any atom is 0.119 e. The van der Waals surface area contributed by atoms with Gasteiger partial charge >= 0.3 is 0 Å². The molecule has 0 fully saturated rings. The average molecular weight is 312 g/mol. The van der Waals surface area contributed by atoms with Crippen LogP contribution < -0.4 is 4.74 Å². The molecule has 0 aliphatic heterocycles. The van der Waals surface area contributed by atoms with E-state index in [1.165, 1.54) is 16.7 Å². The molecule has 0 saturated heterocycles. The van der Waals surface area contributed by atoms with Gasteiger partial charge in [0, 0.05) is 13.7 Å². The van der Waals surface area contributed by atoms with Crippen LogP contribution in [0.25, 0.3) is 11.1 Å². The summed E-state index contributed by atoms with van der Waals surface area (Å²) in [5, 5.41) is 0. The lowest BCUT2D eigenvalue weighted by Gasteiger charge is -2.19. The van der Waals surface area contributed by atoms with E-state index in [2.05, 4.69) is 57.2 Å². The minimum Gasteiger partial charge on any atom is -0.494 e. The summed E-state index contributed by atoms with van der Waals surface area (Å²) >= 11 is 0. The molecule has 0 atom stereocenters. The summed E-state index contributed by atoms with van der Waals surface area (Å²) in [6.45, 7) is 8.25. The fourth-order valence-corrected chi connectivity index (χ4v) is 2.44. The van der Waals surface area contributed by atoms with E-state index in [1.807, 2.05) is 12.1 Å². The van der Waals surface area contributed by atoms with Crippen LogP contribution in [0.1, 0.15) is 39.2 Å². The molecule has 0 unspecified atom stereocenters. The molecule has 23 heavy (non-hydrogen) atoms. The highest BCUT2D eigenvalue weighted by Crippen LogP contribution is 2.27. The van der Waals surface area contributed by atoms with E-state index in [-0.39, 0.29) is 5.41 Å². The van der Waals surface area contributed by atoms with Crippen molar-refractivity contribution in [2.24, 2.45) is 0 Å². The number of ether oxygens (including phenoxy) is 2. The largest absolute Gasteiger partial charge is 0.494 e. The van der Waals surface area contributed by atoms with Crippen molar-refractivity contribution in [1.29, 1.82) is 0 Å². The number of unbranched alkanes of at least 4 members (excludes halogenated alkanes) is 1. The number of rotatable bonds is 7. The van der Waals surface area contributed by atoms with Crippen molar-refractivity contribution < 1.29 is 9.47 Å². The lowest BCUT2D eigenvalue weighted by atomic mass is 9.86. The Labute approximate surface area is 140 Å². The number of benzene rings is 2. The predicted molar refractivity (Wildman–Crippen MR) is 97.2 cm³/mol. The van der Waals surface area contributed by atoms with Crippen LogP contribution in [-0.2, 0) is 10.2 Å². The first-order valence-corrected chi connectivity index (χ1v) is 8.33. The van der Waals surface area contributed by atoms with Crippen LogP contribution in [-0.4, -0.2) is 20.3 Å². The highest BCUT2D eigenvalue weighted by Gasteiger charge is 2.12. The molecule has 0 radical (unpaired) electrons. The maximum absolute atomic E-state index is 5.75. The molecule has 0 aliphatic carbocycles. The summed E-state index contributed by atoms with van der Waals surface area (Å²) in [7, 11) is 1.73. The molecule has 2 nitrogen and oxygen atoms in total. The van der Waals surface area contributed by atoms with Gasteiger partial charge in [0.1, 0.15) is 5.75 Å². The third-order valence-electron chi connectivity index (χ3n) is 3.95. The number of hydrogen-bond acceptors (Lipinski definition) is 2. The molecule has 2 heteroatoms. The van der Waals surface area contributed by atoms with Crippen LogP contribution in [0.3, 0.4) is 0 Å². The molecule has 0 amide bonds. The summed E-state index contributed by atoms with van der Waals surface area (Å²) in [6.07, 6.45) is 2.05. The lowest BCUT2D eigenvalue weighted by molar-refractivity contribution is 0.184. The van der Waals surface area contributed by atoms with Gasteiger partial charge in [0.15, 0.2) is 0 Å². The second kappa shape index (κ2) is 8.16. The third kappa shape index (κ3) is 5.40. The summed E-state index contributed by atoms with van der Waals surface area (Å²) in [4.78, 5) is 0. The van der Waals surface area contributed by atoms with E-state index in [1.54, 1.807) is 7.11 Å². The van der Waals surface area contributed by atoms with Gasteiger partial charge in [0.05, 0.1) is 6.61 Å². The standard InChI is InChI=1S/C21H28O2/c1-21(2,3)19-11-7-17(8-12-19)18-9-13-20(14-10-18)23-16-6-5-15-22-4/h7-14H,5-6,15-16H2,1-4H3. The lowest BCUT2D eigenvalue weighted by Crippen LogP contribution is -2.10. The van der Waals surface area contributed by atoms with Crippen molar-refractivity contribution in [1.82, 2.24) is 0 Å². The Bertz CT molecular complexity index is 577. The van der Waals surface area contributed by atoms with Gasteiger partial charge in [-0.25, -0.2) is 0 Å². The van der Waals surface area contributed by atoms with Crippen molar-refractivity contribution in [2.75, 3.05) is 20.3 Å². The van der Waals surface area contributed by atoms with Crippen molar-refractivity contribution in [3.63, 3.8) is 0 Å². The zero-order valence-electron chi connectivity index (χ0n) is 14.8. The highest BCUT2D eigenvalue weighted by molar-refractivity contribution is 5.64. The van der Waals surface area contributed by atoms with E-state index < -0.39 is 0 Å². The van der Waals surface area contributed by atoms with Gasteiger partial charge in [-0.2, -0.15) is 0 Å². The fraction of sp³-hybridized carbons (Fsp3) is 0.429. The topological polar surface area (TPSA) is 18.5 Å². The van der Waals surface area contributed by atoms with E-state index >= 15 is 0 Å². The normalized spacial score (nSPS) is 11.5. The van der Waals surface area contributed by atoms with Crippen LogP contribution in [0.4, 0.5) is 0 Å². The van der Waals surface area contributed by atoms with Crippen molar-refractivity contribution in [3.05, 3.63) is 54.1 Å². The molecule has 0 heterocycles.